The van der Waals surface area contributed by atoms with E-state index in [9.17, 15) is 9.59 Å². The number of nitrogens with one attached hydrogen (secondary N) is 1. The van der Waals surface area contributed by atoms with Gasteiger partial charge < -0.3 is 14.6 Å². The maximum atomic E-state index is 13.2. The van der Waals surface area contributed by atoms with Crippen LogP contribution >= 0.6 is 0 Å². The Hall–Kier alpha value is -2.82. The number of benzene rings is 2. The van der Waals surface area contributed by atoms with Gasteiger partial charge in [-0.1, -0.05) is 36.4 Å². The Balaban J connectivity index is 1.80. The first-order chi connectivity index (χ1) is 12.6. The first kappa shape index (κ1) is 16.6. The Labute approximate surface area is 152 Å². The molecular formula is C21H22N2O3. The number of amides is 2. The van der Waals surface area contributed by atoms with Crippen molar-refractivity contribution in [2.24, 2.45) is 0 Å². The summed E-state index contributed by atoms with van der Waals surface area (Å²) in [6.45, 7) is 2.49. The number of rotatable bonds is 2. The fourth-order valence-electron chi connectivity index (χ4n) is 3.90. The predicted molar refractivity (Wildman–Crippen MR) is 101 cm³/mol. The summed E-state index contributed by atoms with van der Waals surface area (Å²) in [6.07, 6.45) is 2.54. The molecule has 5 nitrogen and oxygen atoms in total. The number of likely N-dealkylation sites (tertiary alicyclic amines) is 1. The number of hydrogen-bond acceptors (Lipinski definition) is 3. The molecule has 1 atom stereocenters. The average molecular weight is 350 g/mol. The van der Waals surface area contributed by atoms with Gasteiger partial charge in [-0.15, -0.1) is 0 Å². The number of fused-ring (bicyclic) bond motifs is 3. The van der Waals surface area contributed by atoms with Gasteiger partial charge in [-0.2, -0.15) is 0 Å². The van der Waals surface area contributed by atoms with Gasteiger partial charge in [0.05, 0.1) is 0 Å². The summed E-state index contributed by atoms with van der Waals surface area (Å²) in [5, 5.41) is 5.69. The zero-order chi connectivity index (χ0) is 18.3. The molecule has 0 radical (unpaired) electrons. The molecule has 5 heteroatoms. The van der Waals surface area contributed by atoms with Crippen molar-refractivity contribution >= 4 is 33.6 Å². The van der Waals surface area contributed by atoms with E-state index in [-0.39, 0.29) is 11.8 Å². The number of piperidine rings is 1. The zero-order valence-electron chi connectivity index (χ0n) is 15.0. The van der Waals surface area contributed by atoms with Gasteiger partial charge in [0.25, 0.3) is 5.91 Å². The van der Waals surface area contributed by atoms with Crippen LogP contribution in [-0.4, -0.2) is 36.3 Å². The fraction of sp³-hybridized carbons (Fsp3) is 0.333. The van der Waals surface area contributed by atoms with Crippen molar-refractivity contribution in [3.8, 4) is 0 Å². The van der Waals surface area contributed by atoms with Crippen molar-refractivity contribution in [2.45, 2.75) is 32.2 Å². The molecule has 26 heavy (non-hydrogen) atoms. The van der Waals surface area contributed by atoms with Crippen LogP contribution in [0.2, 0.25) is 0 Å². The number of nitrogens with zero attached hydrogens (tertiary/aromatic N) is 1. The van der Waals surface area contributed by atoms with E-state index in [4.69, 9.17) is 4.42 Å². The van der Waals surface area contributed by atoms with Crippen molar-refractivity contribution < 1.29 is 14.0 Å². The van der Waals surface area contributed by atoms with E-state index in [1.54, 1.807) is 11.9 Å². The van der Waals surface area contributed by atoms with Crippen LogP contribution in [0.15, 0.2) is 40.8 Å². The van der Waals surface area contributed by atoms with Crippen LogP contribution in [0, 0.1) is 6.92 Å². The molecule has 0 bridgehead atoms. The second kappa shape index (κ2) is 6.48. The highest BCUT2D eigenvalue weighted by Gasteiger charge is 2.34. The second-order valence-electron chi connectivity index (χ2n) is 6.84. The van der Waals surface area contributed by atoms with Crippen LogP contribution in [0.25, 0.3) is 21.7 Å². The summed E-state index contributed by atoms with van der Waals surface area (Å²) < 4.78 is 6.07. The van der Waals surface area contributed by atoms with E-state index in [1.807, 2.05) is 43.3 Å². The molecule has 2 heterocycles. The third kappa shape index (κ3) is 2.55. The van der Waals surface area contributed by atoms with Crippen molar-refractivity contribution in [2.75, 3.05) is 13.6 Å². The van der Waals surface area contributed by atoms with Crippen LogP contribution in [0.5, 0.6) is 0 Å². The SMILES string of the molecule is CNC(=O)C1CCCCN1C(=O)c1oc2c(ccc3ccccc32)c1C. The summed E-state index contributed by atoms with van der Waals surface area (Å²) in [5.41, 5.74) is 1.56. The van der Waals surface area contributed by atoms with Crippen LogP contribution in [0.4, 0.5) is 0 Å². The molecule has 1 aromatic heterocycles. The average Bonchev–Trinajstić information content (AvgIpc) is 3.04. The highest BCUT2D eigenvalue weighted by molar-refractivity contribution is 6.09. The molecule has 1 N–H and O–H groups in total. The third-order valence-electron chi connectivity index (χ3n) is 5.34. The highest BCUT2D eigenvalue weighted by Crippen LogP contribution is 2.33. The van der Waals surface area contributed by atoms with Crippen molar-refractivity contribution in [1.29, 1.82) is 0 Å². The Morgan fingerprint density at radius 2 is 1.92 bits per heavy atom. The monoisotopic (exact) mass is 350 g/mol. The zero-order valence-corrected chi connectivity index (χ0v) is 15.0. The van der Waals surface area contributed by atoms with Gasteiger partial charge in [-0.25, -0.2) is 0 Å². The number of furan rings is 1. The molecule has 2 aromatic carbocycles. The standard InChI is InChI=1S/C21H22N2O3/c1-13-15-11-10-14-7-3-4-8-16(14)19(15)26-18(13)21(25)23-12-6-5-9-17(23)20(24)22-2/h3-4,7-8,10-11,17H,5-6,9,12H2,1-2H3,(H,22,24). The van der Waals surface area contributed by atoms with Gasteiger partial charge in [-0.3, -0.25) is 9.59 Å². The Bertz CT molecular complexity index is 1010. The van der Waals surface area contributed by atoms with Gasteiger partial charge >= 0.3 is 0 Å². The lowest BCUT2D eigenvalue weighted by atomic mass is 10.0. The lowest BCUT2D eigenvalue weighted by molar-refractivity contribution is -0.126. The second-order valence-corrected chi connectivity index (χ2v) is 6.84. The van der Waals surface area contributed by atoms with E-state index in [2.05, 4.69) is 5.32 Å². The Morgan fingerprint density at radius 1 is 1.12 bits per heavy atom. The molecule has 4 rings (SSSR count). The molecule has 1 aliphatic heterocycles. The van der Waals surface area contributed by atoms with E-state index >= 15 is 0 Å². The molecule has 2 amide bonds. The predicted octanol–water partition coefficient (Wildman–Crippen LogP) is 3.64. The van der Waals surface area contributed by atoms with Crippen LogP contribution in [0.3, 0.4) is 0 Å². The molecule has 0 spiro atoms. The Kier molecular flexibility index (Phi) is 4.15. The lowest BCUT2D eigenvalue weighted by Crippen LogP contribution is -2.51. The smallest absolute Gasteiger partial charge is 0.290 e. The number of likely N-dealkylation sites (N-methyl/N-ethyl adjacent to an activating group) is 1. The molecule has 0 saturated carbocycles. The molecular weight excluding hydrogens is 328 g/mol. The number of aryl methyl sites for hydroxylation is 1. The molecule has 1 fully saturated rings. The van der Waals surface area contributed by atoms with E-state index in [0.29, 0.717) is 18.7 Å². The Morgan fingerprint density at radius 3 is 2.73 bits per heavy atom. The summed E-state index contributed by atoms with van der Waals surface area (Å²) in [5.74, 6) is 0.0282. The van der Waals surface area contributed by atoms with Crippen LogP contribution in [-0.2, 0) is 4.79 Å². The molecule has 1 unspecified atom stereocenters. The van der Waals surface area contributed by atoms with Crippen LogP contribution < -0.4 is 5.32 Å². The van der Waals surface area contributed by atoms with E-state index in [1.165, 1.54) is 0 Å². The molecule has 0 aliphatic carbocycles. The van der Waals surface area contributed by atoms with Gasteiger partial charge in [0.1, 0.15) is 11.6 Å². The molecule has 1 aliphatic rings. The van der Waals surface area contributed by atoms with Gasteiger partial charge in [0.15, 0.2) is 5.76 Å². The maximum absolute atomic E-state index is 13.2. The first-order valence-electron chi connectivity index (χ1n) is 9.05. The number of carbonyl (C=O) groups excluding carboxylic acids is 2. The maximum Gasteiger partial charge on any atom is 0.290 e. The quantitative estimate of drug-likeness (QED) is 0.767. The van der Waals surface area contributed by atoms with Gasteiger partial charge in [-0.05, 0) is 31.6 Å². The highest BCUT2D eigenvalue weighted by atomic mass is 16.3. The normalized spacial score (nSPS) is 17.6. The summed E-state index contributed by atoms with van der Waals surface area (Å²) >= 11 is 0. The topological polar surface area (TPSA) is 62.6 Å². The molecule has 3 aromatic rings. The lowest BCUT2D eigenvalue weighted by Gasteiger charge is -2.33. The minimum Gasteiger partial charge on any atom is -0.450 e. The minimum atomic E-state index is -0.425. The van der Waals surface area contributed by atoms with E-state index in [0.717, 1.165) is 40.1 Å². The molecule has 1 saturated heterocycles. The summed E-state index contributed by atoms with van der Waals surface area (Å²) in [6, 6.07) is 11.6. The number of carbonyl (C=O) groups is 2. The van der Waals surface area contributed by atoms with Crippen molar-refractivity contribution in [3.05, 3.63) is 47.7 Å². The van der Waals surface area contributed by atoms with Crippen molar-refractivity contribution in [3.63, 3.8) is 0 Å². The third-order valence-corrected chi connectivity index (χ3v) is 5.34. The van der Waals surface area contributed by atoms with Crippen molar-refractivity contribution in [1.82, 2.24) is 10.2 Å². The van der Waals surface area contributed by atoms with E-state index < -0.39 is 6.04 Å². The first-order valence-corrected chi connectivity index (χ1v) is 9.05. The van der Waals surface area contributed by atoms with Gasteiger partial charge in [0.2, 0.25) is 5.91 Å². The number of hydrogen-bond donors (Lipinski definition) is 1. The fourth-order valence-corrected chi connectivity index (χ4v) is 3.90. The largest absolute Gasteiger partial charge is 0.450 e. The van der Waals surface area contributed by atoms with Crippen LogP contribution in [0.1, 0.15) is 35.4 Å². The minimum absolute atomic E-state index is 0.114. The summed E-state index contributed by atoms with van der Waals surface area (Å²) in [7, 11) is 1.61. The van der Waals surface area contributed by atoms with Gasteiger partial charge in [0, 0.05) is 29.9 Å². The molecule has 134 valence electrons. The summed E-state index contributed by atoms with van der Waals surface area (Å²) in [4.78, 5) is 27.1.